The van der Waals surface area contributed by atoms with E-state index in [1.165, 1.54) is 32.1 Å². The van der Waals surface area contributed by atoms with Crippen molar-refractivity contribution in [2.24, 2.45) is 5.92 Å². The van der Waals surface area contributed by atoms with Crippen LogP contribution in [0.5, 0.6) is 0 Å². The molecule has 92 valence electrons. The lowest BCUT2D eigenvalue weighted by Crippen LogP contribution is -2.12. The van der Waals surface area contributed by atoms with E-state index in [-0.39, 0.29) is 5.78 Å². The molecule has 0 spiro atoms. The van der Waals surface area contributed by atoms with E-state index in [2.05, 4.69) is 0 Å². The van der Waals surface area contributed by atoms with Crippen molar-refractivity contribution >= 4 is 11.5 Å². The number of aryl methyl sites for hydroxylation is 1. The van der Waals surface area contributed by atoms with Crippen molar-refractivity contribution in [3.8, 4) is 0 Å². The minimum atomic E-state index is 0.253. The monoisotopic (exact) mass is 231 g/mol. The Morgan fingerprint density at radius 1 is 1.29 bits per heavy atom. The van der Waals surface area contributed by atoms with Gasteiger partial charge in [0.2, 0.25) is 0 Å². The van der Waals surface area contributed by atoms with Gasteiger partial charge in [0, 0.05) is 17.7 Å². The minimum absolute atomic E-state index is 0.253. The molecule has 2 nitrogen and oxygen atoms in total. The molecule has 0 amide bonds. The SMILES string of the molecule is Cc1ccc(C(=O)CC2CCCCC2)cc1N. The van der Waals surface area contributed by atoms with Gasteiger partial charge in [0.15, 0.2) is 5.78 Å². The molecule has 0 aromatic heterocycles. The summed E-state index contributed by atoms with van der Waals surface area (Å²) >= 11 is 0. The summed E-state index contributed by atoms with van der Waals surface area (Å²) in [5.41, 5.74) is 8.38. The first-order chi connectivity index (χ1) is 8.16. The van der Waals surface area contributed by atoms with Crippen molar-refractivity contribution in [3.05, 3.63) is 29.3 Å². The van der Waals surface area contributed by atoms with Gasteiger partial charge in [0.05, 0.1) is 0 Å². The highest BCUT2D eigenvalue weighted by Crippen LogP contribution is 2.27. The Balaban J connectivity index is 2.01. The van der Waals surface area contributed by atoms with Gasteiger partial charge in [-0.25, -0.2) is 0 Å². The molecule has 1 aliphatic carbocycles. The van der Waals surface area contributed by atoms with Gasteiger partial charge in [-0.2, -0.15) is 0 Å². The molecule has 2 N–H and O–H groups in total. The van der Waals surface area contributed by atoms with Crippen LogP contribution in [0.1, 0.15) is 54.4 Å². The molecular formula is C15H21NO. The maximum Gasteiger partial charge on any atom is 0.163 e. The zero-order valence-electron chi connectivity index (χ0n) is 10.5. The lowest BCUT2D eigenvalue weighted by atomic mass is 9.84. The van der Waals surface area contributed by atoms with E-state index in [4.69, 9.17) is 5.73 Å². The van der Waals surface area contributed by atoms with E-state index >= 15 is 0 Å². The molecule has 1 aromatic rings. The van der Waals surface area contributed by atoms with Crippen molar-refractivity contribution in [3.63, 3.8) is 0 Å². The summed E-state index contributed by atoms with van der Waals surface area (Å²) in [5.74, 6) is 0.849. The lowest BCUT2D eigenvalue weighted by molar-refractivity contribution is 0.0950. The molecule has 1 aliphatic rings. The summed E-state index contributed by atoms with van der Waals surface area (Å²) in [6, 6.07) is 5.65. The van der Waals surface area contributed by atoms with Gasteiger partial charge >= 0.3 is 0 Å². The molecule has 0 heterocycles. The van der Waals surface area contributed by atoms with Gasteiger partial charge in [0.25, 0.3) is 0 Å². The quantitative estimate of drug-likeness (QED) is 0.636. The Labute approximate surface area is 103 Å². The second-order valence-corrected chi connectivity index (χ2v) is 5.20. The van der Waals surface area contributed by atoms with Crippen LogP contribution < -0.4 is 5.73 Å². The zero-order valence-corrected chi connectivity index (χ0v) is 10.5. The molecule has 2 heteroatoms. The van der Waals surface area contributed by atoms with Gasteiger partial charge in [0.1, 0.15) is 0 Å². The number of rotatable bonds is 3. The Morgan fingerprint density at radius 3 is 2.65 bits per heavy atom. The molecule has 2 rings (SSSR count). The van der Waals surface area contributed by atoms with Crippen LogP contribution in [0.25, 0.3) is 0 Å². The number of carbonyl (C=O) groups is 1. The predicted octanol–water partition coefficient (Wildman–Crippen LogP) is 3.73. The van der Waals surface area contributed by atoms with Gasteiger partial charge in [-0.15, -0.1) is 0 Å². The Morgan fingerprint density at radius 2 is 2.00 bits per heavy atom. The molecule has 0 unspecified atom stereocenters. The maximum absolute atomic E-state index is 12.1. The molecule has 1 aromatic carbocycles. The van der Waals surface area contributed by atoms with Crippen molar-refractivity contribution < 1.29 is 4.79 Å². The number of carbonyl (C=O) groups excluding carboxylic acids is 1. The standard InChI is InChI=1S/C15H21NO/c1-11-7-8-13(10-14(11)16)15(17)9-12-5-3-2-4-6-12/h7-8,10,12H,2-6,9,16H2,1H3. The highest BCUT2D eigenvalue weighted by atomic mass is 16.1. The molecule has 0 atom stereocenters. The number of hydrogen-bond donors (Lipinski definition) is 1. The van der Waals surface area contributed by atoms with Crippen LogP contribution in [-0.4, -0.2) is 5.78 Å². The highest BCUT2D eigenvalue weighted by molar-refractivity contribution is 5.97. The Hall–Kier alpha value is -1.31. The summed E-state index contributed by atoms with van der Waals surface area (Å²) in [5, 5.41) is 0. The van der Waals surface area contributed by atoms with Crippen LogP contribution >= 0.6 is 0 Å². The second-order valence-electron chi connectivity index (χ2n) is 5.20. The van der Waals surface area contributed by atoms with Crippen molar-refractivity contribution in [1.82, 2.24) is 0 Å². The third kappa shape index (κ3) is 3.09. The molecule has 17 heavy (non-hydrogen) atoms. The fourth-order valence-electron chi connectivity index (χ4n) is 2.59. The average Bonchev–Trinajstić information content (AvgIpc) is 2.34. The number of benzene rings is 1. The Kier molecular flexibility index (Phi) is 3.82. The van der Waals surface area contributed by atoms with Crippen molar-refractivity contribution in [1.29, 1.82) is 0 Å². The van der Waals surface area contributed by atoms with E-state index in [1.54, 1.807) is 0 Å². The largest absolute Gasteiger partial charge is 0.398 e. The van der Waals surface area contributed by atoms with E-state index in [0.717, 1.165) is 16.8 Å². The van der Waals surface area contributed by atoms with Crippen LogP contribution in [0.3, 0.4) is 0 Å². The Bertz CT molecular complexity index is 405. The number of nitrogens with two attached hydrogens (primary N) is 1. The van der Waals surface area contributed by atoms with Crippen LogP contribution in [0.2, 0.25) is 0 Å². The second kappa shape index (κ2) is 5.35. The third-order valence-electron chi connectivity index (χ3n) is 3.80. The summed E-state index contributed by atoms with van der Waals surface area (Å²) in [6.07, 6.45) is 7.03. The number of ketones is 1. The molecule has 1 fully saturated rings. The molecular weight excluding hydrogens is 210 g/mol. The predicted molar refractivity (Wildman–Crippen MR) is 71.1 cm³/mol. The summed E-state index contributed by atoms with van der Waals surface area (Å²) < 4.78 is 0. The van der Waals surface area contributed by atoms with Crippen LogP contribution in [-0.2, 0) is 0 Å². The fraction of sp³-hybridized carbons (Fsp3) is 0.533. The summed E-state index contributed by atoms with van der Waals surface area (Å²) in [7, 11) is 0. The van der Waals surface area contributed by atoms with E-state index < -0.39 is 0 Å². The number of hydrogen-bond acceptors (Lipinski definition) is 2. The van der Waals surface area contributed by atoms with Crippen LogP contribution in [0.4, 0.5) is 5.69 Å². The minimum Gasteiger partial charge on any atom is -0.398 e. The smallest absolute Gasteiger partial charge is 0.163 e. The molecule has 0 radical (unpaired) electrons. The zero-order chi connectivity index (χ0) is 12.3. The highest BCUT2D eigenvalue weighted by Gasteiger charge is 2.18. The fourth-order valence-corrected chi connectivity index (χ4v) is 2.59. The van der Waals surface area contributed by atoms with Crippen molar-refractivity contribution in [2.75, 3.05) is 5.73 Å². The van der Waals surface area contributed by atoms with Gasteiger partial charge in [-0.1, -0.05) is 44.2 Å². The first-order valence-electron chi connectivity index (χ1n) is 6.56. The normalized spacial score (nSPS) is 17.0. The first kappa shape index (κ1) is 12.2. The van der Waals surface area contributed by atoms with Gasteiger partial charge in [-0.05, 0) is 24.5 Å². The molecule has 0 saturated heterocycles. The van der Waals surface area contributed by atoms with Gasteiger partial charge < -0.3 is 5.73 Å². The van der Waals surface area contributed by atoms with E-state index in [0.29, 0.717) is 12.3 Å². The molecule has 0 aliphatic heterocycles. The third-order valence-corrected chi connectivity index (χ3v) is 3.80. The van der Waals surface area contributed by atoms with Crippen LogP contribution in [0, 0.1) is 12.8 Å². The molecule has 0 bridgehead atoms. The first-order valence-corrected chi connectivity index (χ1v) is 6.56. The number of anilines is 1. The molecule has 1 saturated carbocycles. The topological polar surface area (TPSA) is 43.1 Å². The summed E-state index contributed by atoms with van der Waals surface area (Å²) in [4.78, 5) is 12.1. The maximum atomic E-state index is 12.1. The van der Waals surface area contributed by atoms with Crippen molar-refractivity contribution in [2.45, 2.75) is 45.4 Å². The number of Topliss-reactive ketones (excluding diaryl/α,β-unsaturated/α-hetero) is 1. The van der Waals surface area contributed by atoms with E-state index in [1.807, 2.05) is 25.1 Å². The average molecular weight is 231 g/mol. The van der Waals surface area contributed by atoms with E-state index in [9.17, 15) is 4.79 Å². The number of nitrogen functional groups attached to an aromatic ring is 1. The lowest BCUT2D eigenvalue weighted by Gasteiger charge is -2.20. The van der Waals surface area contributed by atoms with Crippen LogP contribution in [0.15, 0.2) is 18.2 Å². The van der Waals surface area contributed by atoms with Gasteiger partial charge in [-0.3, -0.25) is 4.79 Å². The summed E-state index contributed by atoms with van der Waals surface area (Å²) in [6.45, 7) is 1.96.